The van der Waals surface area contributed by atoms with Crippen molar-refractivity contribution in [2.75, 3.05) is 13.6 Å². The van der Waals surface area contributed by atoms with Gasteiger partial charge < -0.3 is 10.6 Å². The third-order valence-corrected chi connectivity index (χ3v) is 4.11. The van der Waals surface area contributed by atoms with E-state index in [1.165, 1.54) is 31.7 Å². The van der Waals surface area contributed by atoms with Crippen molar-refractivity contribution in [1.29, 1.82) is 0 Å². The molecule has 1 aromatic rings. The number of rotatable bonds is 4. The molecule has 106 valence electrons. The largest absolute Gasteiger partial charge is 0.327 e. The second-order valence-corrected chi connectivity index (χ2v) is 5.89. The van der Waals surface area contributed by atoms with E-state index in [1.807, 2.05) is 6.07 Å². The van der Waals surface area contributed by atoms with Crippen LogP contribution in [0.5, 0.6) is 0 Å². The van der Waals surface area contributed by atoms with E-state index in [2.05, 4.69) is 11.9 Å². The van der Waals surface area contributed by atoms with E-state index in [9.17, 15) is 4.39 Å². The Morgan fingerprint density at radius 2 is 2.05 bits per heavy atom. The van der Waals surface area contributed by atoms with E-state index in [-0.39, 0.29) is 5.82 Å². The summed E-state index contributed by atoms with van der Waals surface area (Å²) in [6, 6.07) is 7.19. The van der Waals surface area contributed by atoms with Crippen LogP contribution in [0.1, 0.15) is 37.7 Å². The summed E-state index contributed by atoms with van der Waals surface area (Å²) in [5.41, 5.74) is 7.29. The third kappa shape index (κ3) is 4.59. The summed E-state index contributed by atoms with van der Waals surface area (Å²) in [6.07, 6.45) is 6.27. The summed E-state index contributed by atoms with van der Waals surface area (Å²) in [7, 11) is 2.10. The second kappa shape index (κ2) is 7.01. The molecular weight excluding hydrogens is 239 g/mol. The molecule has 2 atom stereocenters. The fourth-order valence-corrected chi connectivity index (χ4v) is 3.05. The fraction of sp³-hybridized carbons (Fsp3) is 0.625. The molecule has 0 aliphatic heterocycles. The van der Waals surface area contributed by atoms with Gasteiger partial charge in [0.05, 0.1) is 0 Å². The van der Waals surface area contributed by atoms with Crippen molar-refractivity contribution in [2.45, 2.75) is 44.7 Å². The highest BCUT2D eigenvalue weighted by molar-refractivity contribution is 5.16. The molecular formula is C16H25FN2. The van der Waals surface area contributed by atoms with Gasteiger partial charge in [-0.1, -0.05) is 31.4 Å². The number of hydrogen-bond acceptors (Lipinski definition) is 2. The summed E-state index contributed by atoms with van der Waals surface area (Å²) in [5.74, 6) is 0.429. The monoisotopic (exact) mass is 264 g/mol. The van der Waals surface area contributed by atoms with Crippen molar-refractivity contribution in [2.24, 2.45) is 11.7 Å². The van der Waals surface area contributed by atoms with E-state index < -0.39 is 0 Å². The first-order valence-corrected chi connectivity index (χ1v) is 7.33. The van der Waals surface area contributed by atoms with Crippen LogP contribution in [0.4, 0.5) is 4.39 Å². The number of halogens is 1. The van der Waals surface area contributed by atoms with Crippen molar-refractivity contribution >= 4 is 0 Å². The van der Waals surface area contributed by atoms with Crippen LogP contribution in [0.2, 0.25) is 0 Å². The Morgan fingerprint density at radius 1 is 1.26 bits per heavy atom. The molecule has 1 aromatic carbocycles. The van der Waals surface area contributed by atoms with Crippen LogP contribution in [0, 0.1) is 11.7 Å². The van der Waals surface area contributed by atoms with Crippen molar-refractivity contribution in [3.05, 3.63) is 35.6 Å². The van der Waals surface area contributed by atoms with E-state index in [0.717, 1.165) is 25.1 Å². The zero-order valence-electron chi connectivity index (χ0n) is 11.8. The molecule has 2 rings (SSSR count). The highest BCUT2D eigenvalue weighted by Gasteiger charge is 2.21. The Morgan fingerprint density at radius 3 is 2.84 bits per heavy atom. The first kappa shape index (κ1) is 14.5. The number of hydrogen-bond donors (Lipinski definition) is 1. The average Bonchev–Trinajstić information content (AvgIpc) is 2.55. The standard InChI is InChI=1S/C16H25FN2/c1-19(11-13-6-5-8-15(17)10-13)12-14-7-3-2-4-9-16(14)18/h5-6,8,10,14,16H,2-4,7,9,11-12,18H2,1H3. The van der Waals surface area contributed by atoms with Gasteiger partial charge in [0.1, 0.15) is 5.82 Å². The molecule has 0 amide bonds. The van der Waals surface area contributed by atoms with Crippen LogP contribution in [0.25, 0.3) is 0 Å². The van der Waals surface area contributed by atoms with Gasteiger partial charge in [-0.2, -0.15) is 0 Å². The fourth-order valence-electron chi connectivity index (χ4n) is 3.05. The van der Waals surface area contributed by atoms with Crippen molar-refractivity contribution in [1.82, 2.24) is 4.90 Å². The van der Waals surface area contributed by atoms with Gasteiger partial charge in [-0.3, -0.25) is 0 Å². The Bertz CT molecular complexity index is 394. The quantitative estimate of drug-likeness (QED) is 0.846. The molecule has 3 heteroatoms. The average molecular weight is 264 g/mol. The lowest BCUT2D eigenvalue weighted by Crippen LogP contribution is -2.37. The summed E-state index contributed by atoms with van der Waals surface area (Å²) in [5, 5.41) is 0. The zero-order chi connectivity index (χ0) is 13.7. The highest BCUT2D eigenvalue weighted by atomic mass is 19.1. The van der Waals surface area contributed by atoms with E-state index in [4.69, 9.17) is 5.73 Å². The van der Waals surface area contributed by atoms with Crippen LogP contribution in [-0.4, -0.2) is 24.5 Å². The van der Waals surface area contributed by atoms with Crippen molar-refractivity contribution in [3.8, 4) is 0 Å². The van der Waals surface area contributed by atoms with Gasteiger partial charge in [0, 0.05) is 19.1 Å². The molecule has 1 saturated carbocycles. The number of benzene rings is 1. The molecule has 2 N–H and O–H groups in total. The van der Waals surface area contributed by atoms with Gasteiger partial charge in [-0.15, -0.1) is 0 Å². The predicted octanol–water partition coefficient (Wildman–Crippen LogP) is 3.17. The maximum atomic E-state index is 13.2. The molecule has 1 aliphatic carbocycles. The molecule has 19 heavy (non-hydrogen) atoms. The zero-order valence-corrected chi connectivity index (χ0v) is 11.8. The summed E-state index contributed by atoms with van der Waals surface area (Å²) < 4.78 is 13.2. The Labute approximate surface area is 115 Å². The molecule has 0 aromatic heterocycles. The van der Waals surface area contributed by atoms with Gasteiger partial charge in [0.15, 0.2) is 0 Å². The molecule has 1 fully saturated rings. The van der Waals surface area contributed by atoms with Gasteiger partial charge in [0.2, 0.25) is 0 Å². The maximum Gasteiger partial charge on any atom is 0.123 e. The molecule has 0 bridgehead atoms. The van der Waals surface area contributed by atoms with Crippen LogP contribution >= 0.6 is 0 Å². The van der Waals surface area contributed by atoms with Crippen LogP contribution in [-0.2, 0) is 6.54 Å². The van der Waals surface area contributed by atoms with E-state index >= 15 is 0 Å². The lowest BCUT2D eigenvalue weighted by atomic mass is 9.95. The molecule has 0 saturated heterocycles. The minimum atomic E-state index is -0.155. The van der Waals surface area contributed by atoms with Gasteiger partial charge in [-0.05, 0) is 43.5 Å². The van der Waals surface area contributed by atoms with Crippen LogP contribution in [0.3, 0.4) is 0 Å². The third-order valence-electron chi connectivity index (χ3n) is 4.11. The van der Waals surface area contributed by atoms with Gasteiger partial charge in [-0.25, -0.2) is 4.39 Å². The Kier molecular flexibility index (Phi) is 5.34. The summed E-state index contributed by atoms with van der Waals surface area (Å²) in [4.78, 5) is 2.27. The Hall–Kier alpha value is -0.930. The predicted molar refractivity (Wildman–Crippen MR) is 77.3 cm³/mol. The number of nitrogens with zero attached hydrogens (tertiary/aromatic N) is 1. The molecule has 2 nitrogen and oxygen atoms in total. The minimum Gasteiger partial charge on any atom is -0.327 e. The summed E-state index contributed by atoms with van der Waals surface area (Å²) in [6.45, 7) is 1.80. The van der Waals surface area contributed by atoms with E-state index in [1.54, 1.807) is 12.1 Å². The van der Waals surface area contributed by atoms with Gasteiger partial charge in [0.25, 0.3) is 0 Å². The lowest BCUT2D eigenvalue weighted by Gasteiger charge is -2.27. The second-order valence-electron chi connectivity index (χ2n) is 5.89. The van der Waals surface area contributed by atoms with Crippen molar-refractivity contribution in [3.63, 3.8) is 0 Å². The molecule has 0 heterocycles. The first-order valence-electron chi connectivity index (χ1n) is 7.33. The SMILES string of the molecule is CN(Cc1cccc(F)c1)CC1CCCCCC1N. The number of nitrogens with two attached hydrogens (primary N) is 1. The van der Waals surface area contributed by atoms with Crippen LogP contribution in [0.15, 0.2) is 24.3 Å². The minimum absolute atomic E-state index is 0.155. The highest BCUT2D eigenvalue weighted by Crippen LogP contribution is 2.23. The van der Waals surface area contributed by atoms with Crippen LogP contribution < -0.4 is 5.73 Å². The summed E-state index contributed by atoms with van der Waals surface area (Å²) >= 11 is 0. The molecule has 0 spiro atoms. The first-order chi connectivity index (χ1) is 9.15. The topological polar surface area (TPSA) is 29.3 Å². The maximum absolute atomic E-state index is 13.2. The normalized spacial score (nSPS) is 24.4. The smallest absolute Gasteiger partial charge is 0.123 e. The molecule has 0 radical (unpaired) electrons. The molecule has 2 unspecified atom stereocenters. The van der Waals surface area contributed by atoms with E-state index in [0.29, 0.717) is 12.0 Å². The molecule has 1 aliphatic rings. The lowest BCUT2D eigenvalue weighted by molar-refractivity contribution is 0.236. The van der Waals surface area contributed by atoms with Crippen molar-refractivity contribution < 1.29 is 4.39 Å². The Balaban J connectivity index is 1.87. The van der Waals surface area contributed by atoms with Gasteiger partial charge >= 0.3 is 0 Å².